The van der Waals surface area contributed by atoms with Crippen molar-refractivity contribution in [3.05, 3.63) is 40.6 Å². The third kappa shape index (κ3) is 2.67. The first kappa shape index (κ1) is 17.5. The third-order valence-corrected chi connectivity index (χ3v) is 4.03. The van der Waals surface area contributed by atoms with E-state index in [4.69, 9.17) is 23.4 Å². The van der Waals surface area contributed by atoms with Gasteiger partial charge in [0.25, 0.3) is 0 Å². The standard InChI is InChI=1S/C19H18O7/c1-22-10-5-6-11(14(9-10)24-3)17-16(21)15(20)12-7-8-13(23-2)19(25-4)18(12)26-17/h5-9,21H,1-4H3. The van der Waals surface area contributed by atoms with Crippen LogP contribution in [0.25, 0.3) is 22.3 Å². The molecule has 1 aromatic heterocycles. The second-order valence-corrected chi connectivity index (χ2v) is 5.35. The molecule has 0 radical (unpaired) electrons. The first-order chi connectivity index (χ1) is 12.5. The van der Waals surface area contributed by atoms with Crippen LogP contribution in [-0.4, -0.2) is 33.5 Å². The number of aromatic hydroxyl groups is 1. The fraction of sp³-hybridized carbons (Fsp3) is 0.211. The van der Waals surface area contributed by atoms with Gasteiger partial charge in [-0.1, -0.05) is 0 Å². The highest BCUT2D eigenvalue weighted by Crippen LogP contribution is 2.41. The van der Waals surface area contributed by atoms with Gasteiger partial charge < -0.3 is 28.5 Å². The largest absolute Gasteiger partial charge is 0.502 e. The molecule has 0 bridgehead atoms. The summed E-state index contributed by atoms with van der Waals surface area (Å²) in [6, 6.07) is 8.02. The lowest BCUT2D eigenvalue weighted by molar-refractivity contribution is 0.352. The van der Waals surface area contributed by atoms with Gasteiger partial charge in [0.1, 0.15) is 11.5 Å². The van der Waals surface area contributed by atoms with E-state index in [-0.39, 0.29) is 22.5 Å². The van der Waals surface area contributed by atoms with Gasteiger partial charge >= 0.3 is 0 Å². The average molecular weight is 358 g/mol. The zero-order chi connectivity index (χ0) is 18.8. The van der Waals surface area contributed by atoms with E-state index in [2.05, 4.69) is 0 Å². The van der Waals surface area contributed by atoms with Gasteiger partial charge in [-0.15, -0.1) is 0 Å². The zero-order valence-corrected chi connectivity index (χ0v) is 14.8. The predicted octanol–water partition coefficient (Wildman–Crippen LogP) is 3.20. The van der Waals surface area contributed by atoms with Gasteiger partial charge in [-0.05, 0) is 24.3 Å². The molecule has 0 atom stereocenters. The Balaban J connectivity index is 2.37. The minimum absolute atomic E-state index is 0.0337. The topological polar surface area (TPSA) is 87.4 Å². The monoisotopic (exact) mass is 358 g/mol. The van der Waals surface area contributed by atoms with Crippen LogP contribution < -0.4 is 24.4 Å². The molecular formula is C19H18O7. The fourth-order valence-corrected chi connectivity index (χ4v) is 2.73. The number of fused-ring (bicyclic) bond motifs is 1. The van der Waals surface area contributed by atoms with Crippen LogP contribution >= 0.6 is 0 Å². The summed E-state index contributed by atoms with van der Waals surface area (Å²) >= 11 is 0. The quantitative estimate of drug-likeness (QED) is 0.749. The van der Waals surface area contributed by atoms with Gasteiger partial charge in [-0.25, -0.2) is 0 Å². The number of benzene rings is 2. The molecule has 0 amide bonds. The zero-order valence-electron chi connectivity index (χ0n) is 14.8. The first-order valence-electron chi connectivity index (χ1n) is 7.68. The third-order valence-electron chi connectivity index (χ3n) is 4.03. The van der Waals surface area contributed by atoms with Crippen molar-refractivity contribution in [1.82, 2.24) is 0 Å². The van der Waals surface area contributed by atoms with E-state index in [9.17, 15) is 9.90 Å². The molecule has 0 aliphatic carbocycles. The predicted molar refractivity (Wildman–Crippen MR) is 95.8 cm³/mol. The smallest absolute Gasteiger partial charge is 0.235 e. The molecule has 0 saturated heterocycles. The van der Waals surface area contributed by atoms with Gasteiger partial charge in [0.15, 0.2) is 17.1 Å². The van der Waals surface area contributed by atoms with E-state index < -0.39 is 11.2 Å². The molecule has 7 heteroatoms. The summed E-state index contributed by atoms with van der Waals surface area (Å²) in [7, 11) is 5.92. The molecule has 0 spiro atoms. The van der Waals surface area contributed by atoms with Crippen LogP contribution in [0.15, 0.2) is 39.5 Å². The Morgan fingerprint density at radius 1 is 0.885 bits per heavy atom. The maximum absolute atomic E-state index is 12.6. The Bertz CT molecular complexity index is 1020. The molecule has 1 N–H and O–H groups in total. The molecule has 26 heavy (non-hydrogen) atoms. The minimum atomic E-state index is -0.583. The van der Waals surface area contributed by atoms with Gasteiger partial charge in [0.05, 0.1) is 39.4 Å². The molecule has 0 aliphatic rings. The van der Waals surface area contributed by atoms with Crippen LogP contribution in [0.3, 0.4) is 0 Å². The highest BCUT2D eigenvalue weighted by molar-refractivity contribution is 5.89. The summed E-state index contributed by atoms with van der Waals surface area (Å²) < 4.78 is 27.0. The van der Waals surface area contributed by atoms with Crippen molar-refractivity contribution in [1.29, 1.82) is 0 Å². The Hall–Kier alpha value is -3.35. The molecule has 136 valence electrons. The summed E-state index contributed by atoms with van der Waals surface area (Å²) in [4.78, 5) is 12.6. The number of ether oxygens (including phenoxy) is 4. The van der Waals surface area contributed by atoms with Crippen LogP contribution in [0, 0.1) is 0 Å². The molecule has 7 nitrogen and oxygen atoms in total. The maximum atomic E-state index is 12.6. The van der Waals surface area contributed by atoms with E-state index in [1.54, 1.807) is 24.3 Å². The van der Waals surface area contributed by atoms with Crippen molar-refractivity contribution in [3.63, 3.8) is 0 Å². The lowest BCUT2D eigenvalue weighted by Gasteiger charge is -2.13. The molecule has 0 unspecified atom stereocenters. The second-order valence-electron chi connectivity index (χ2n) is 5.35. The van der Waals surface area contributed by atoms with Crippen molar-refractivity contribution < 1.29 is 28.5 Å². The summed E-state index contributed by atoms with van der Waals surface area (Å²) in [6.45, 7) is 0. The van der Waals surface area contributed by atoms with Crippen LogP contribution in [0.4, 0.5) is 0 Å². The van der Waals surface area contributed by atoms with Gasteiger partial charge in [0, 0.05) is 6.07 Å². The van der Waals surface area contributed by atoms with Crippen LogP contribution in [-0.2, 0) is 0 Å². The van der Waals surface area contributed by atoms with Crippen LogP contribution in [0.1, 0.15) is 0 Å². The van der Waals surface area contributed by atoms with Crippen molar-refractivity contribution in [2.24, 2.45) is 0 Å². The minimum Gasteiger partial charge on any atom is -0.502 e. The highest BCUT2D eigenvalue weighted by Gasteiger charge is 2.22. The normalized spacial score (nSPS) is 10.6. The van der Waals surface area contributed by atoms with Crippen molar-refractivity contribution in [3.8, 4) is 40.1 Å². The SMILES string of the molecule is COc1ccc(-c2oc3c(OC)c(OC)ccc3c(=O)c2O)c(OC)c1. The summed E-state index contributed by atoms with van der Waals surface area (Å²) in [5.74, 6) is 1.05. The Morgan fingerprint density at radius 2 is 1.62 bits per heavy atom. The van der Waals surface area contributed by atoms with Crippen LogP contribution in [0.2, 0.25) is 0 Å². The Kier molecular flexibility index (Phi) is 4.62. The number of hydrogen-bond acceptors (Lipinski definition) is 7. The van der Waals surface area contributed by atoms with Crippen molar-refractivity contribution >= 4 is 11.0 Å². The molecule has 0 aliphatic heterocycles. The Labute approximate surface area is 149 Å². The molecule has 3 aromatic rings. The van der Waals surface area contributed by atoms with Gasteiger partial charge in [-0.3, -0.25) is 4.79 Å². The number of hydrogen-bond donors (Lipinski definition) is 1. The fourth-order valence-electron chi connectivity index (χ4n) is 2.73. The number of rotatable bonds is 5. The van der Waals surface area contributed by atoms with Crippen molar-refractivity contribution in [2.45, 2.75) is 0 Å². The summed E-state index contributed by atoms with van der Waals surface area (Å²) in [6.07, 6.45) is 0. The van der Waals surface area contributed by atoms with E-state index in [0.29, 0.717) is 22.8 Å². The van der Waals surface area contributed by atoms with Crippen LogP contribution in [0.5, 0.6) is 28.7 Å². The molecule has 3 rings (SSSR count). The molecule has 0 saturated carbocycles. The lowest BCUT2D eigenvalue weighted by Crippen LogP contribution is -2.04. The Morgan fingerprint density at radius 3 is 2.23 bits per heavy atom. The van der Waals surface area contributed by atoms with E-state index >= 15 is 0 Å². The van der Waals surface area contributed by atoms with E-state index in [1.165, 1.54) is 34.5 Å². The molecule has 2 aromatic carbocycles. The summed E-state index contributed by atoms with van der Waals surface area (Å²) in [5, 5.41) is 10.6. The molecular weight excluding hydrogens is 340 g/mol. The highest BCUT2D eigenvalue weighted by atomic mass is 16.5. The maximum Gasteiger partial charge on any atom is 0.235 e. The van der Waals surface area contributed by atoms with Crippen molar-refractivity contribution in [2.75, 3.05) is 28.4 Å². The number of methoxy groups -OCH3 is 4. The van der Waals surface area contributed by atoms with E-state index in [1.807, 2.05) is 0 Å². The molecule has 1 heterocycles. The average Bonchev–Trinajstić information content (AvgIpc) is 2.69. The van der Waals surface area contributed by atoms with E-state index in [0.717, 1.165) is 0 Å². The first-order valence-corrected chi connectivity index (χ1v) is 7.68. The summed E-state index contributed by atoms with van der Waals surface area (Å²) in [5.41, 5.74) is -0.0164. The second kappa shape index (κ2) is 6.87. The van der Waals surface area contributed by atoms with Gasteiger partial charge in [-0.2, -0.15) is 0 Å². The molecule has 0 fully saturated rings. The van der Waals surface area contributed by atoms with Gasteiger partial charge in [0.2, 0.25) is 16.9 Å². The lowest BCUT2D eigenvalue weighted by atomic mass is 10.1.